The van der Waals surface area contributed by atoms with E-state index in [4.69, 9.17) is 5.11 Å². The molecule has 1 aromatic heterocycles. The first-order valence-corrected chi connectivity index (χ1v) is 5.41. The molecule has 0 saturated carbocycles. The largest absolute Gasteiger partial charge is 0.505 e. The second kappa shape index (κ2) is 3.70. The fourth-order valence-electron chi connectivity index (χ4n) is 2.06. The molecule has 0 aliphatic heterocycles. The average molecular weight is 239 g/mol. The smallest absolute Gasteiger partial charge is 0.358 e. The molecule has 0 atom stereocenters. The Kier molecular flexibility index (Phi) is 2.16. The maximum atomic E-state index is 11.0. The Balaban J connectivity index is 2.49. The minimum Gasteiger partial charge on any atom is -0.505 e. The van der Waals surface area contributed by atoms with Crippen molar-refractivity contribution in [1.29, 1.82) is 0 Å². The molecular weight excluding hydrogens is 230 g/mol. The van der Waals surface area contributed by atoms with Crippen LogP contribution in [0.4, 0.5) is 0 Å². The summed E-state index contributed by atoms with van der Waals surface area (Å²) in [5, 5.41) is 21.2. The molecule has 4 heteroatoms. The van der Waals surface area contributed by atoms with Gasteiger partial charge in [0.2, 0.25) is 0 Å². The van der Waals surface area contributed by atoms with Crippen molar-refractivity contribution in [2.24, 2.45) is 0 Å². The summed E-state index contributed by atoms with van der Waals surface area (Å²) in [4.78, 5) is 15.0. The molecular formula is C14H9NO3. The van der Waals surface area contributed by atoms with Crippen molar-refractivity contribution in [1.82, 2.24) is 4.98 Å². The molecule has 4 nitrogen and oxygen atoms in total. The minimum absolute atomic E-state index is 0.315. The third kappa shape index (κ3) is 1.47. The number of hydrogen-bond donors (Lipinski definition) is 2. The molecule has 0 radical (unpaired) electrons. The zero-order valence-electron chi connectivity index (χ0n) is 9.29. The number of fused-ring (bicyclic) bond motifs is 3. The van der Waals surface area contributed by atoms with E-state index in [1.165, 1.54) is 6.07 Å². The summed E-state index contributed by atoms with van der Waals surface area (Å²) >= 11 is 0. The molecule has 0 unspecified atom stereocenters. The SMILES string of the molecule is O=C(O)c1nc2c(ccc3ccccc32)cc1O. The number of aromatic hydroxyl groups is 1. The molecule has 0 fully saturated rings. The molecule has 0 aliphatic rings. The number of carboxylic acids is 1. The van der Waals surface area contributed by atoms with Crippen LogP contribution in [0.15, 0.2) is 42.5 Å². The van der Waals surface area contributed by atoms with Gasteiger partial charge in [0.25, 0.3) is 0 Å². The summed E-state index contributed by atoms with van der Waals surface area (Å²) in [6, 6.07) is 12.8. The highest BCUT2D eigenvalue weighted by molar-refractivity contribution is 6.07. The van der Waals surface area contributed by atoms with Gasteiger partial charge in [-0.25, -0.2) is 9.78 Å². The van der Waals surface area contributed by atoms with Crippen LogP contribution in [0, 0.1) is 0 Å². The van der Waals surface area contributed by atoms with Gasteiger partial charge in [-0.3, -0.25) is 0 Å². The maximum Gasteiger partial charge on any atom is 0.358 e. The van der Waals surface area contributed by atoms with E-state index < -0.39 is 5.97 Å². The second-order valence-electron chi connectivity index (χ2n) is 4.02. The lowest BCUT2D eigenvalue weighted by Crippen LogP contribution is -2.01. The van der Waals surface area contributed by atoms with Gasteiger partial charge in [0.15, 0.2) is 5.69 Å². The molecule has 0 amide bonds. The number of carbonyl (C=O) groups is 1. The van der Waals surface area contributed by atoms with Crippen molar-refractivity contribution >= 4 is 27.6 Å². The monoisotopic (exact) mass is 239 g/mol. The highest BCUT2D eigenvalue weighted by atomic mass is 16.4. The third-order valence-electron chi connectivity index (χ3n) is 2.89. The van der Waals surface area contributed by atoms with Crippen LogP contribution in [0.3, 0.4) is 0 Å². The first-order valence-electron chi connectivity index (χ1n) is 5.41. The number of benzene rings is 2. The van der Waals surface area contributed by atoms with E-state index in [1.54, 1.807) is 0 Å². The van der Waals surface area contributed by atoms with E-state index in [0.29, 0.717) is 5.52 Å². The number of rotatable bonds is 1. The topological polar surface area (TPSA) is 70.4 Å². The van der Waals surface area contributed by atoms with E-state index in [-0.39, 0.29) is 11.4 Å². The van der Waals surface area contributed by atoms with Gasteiger partial charge in [0, 0.05) is 10.8 Å². The molecule has 0 aliphatic carbocycles. The van der Waals surface area contributed by atoms with Crippen molar-refractivity contribution in [3.8, 4) is 5.75 Å². The molecule has 0 spiro atoms. The predicted molar refractivity (Wildman–Crippen MR) is 67.9 cm³/mol. The third-order valence-corrected chi connectivity index (χ3v) is 2.89. The highest BCUT2D eigenvalue weighted by Gasteiger charge is 2.13. The van der Waals surface area contributed by atoms with Gasteiger partial charge in [-0.05, 0) is 11.5 Å². The van der Waals surface area contributed by atoms with E-state index in [9.17, 15) is 9.90 Å². The lowest BCUT2D eigenvalue weighted by atomic mass is 10.1. The molecule has 3 aromatic rings. The Labute approximate surface area is 102 Å². The number of hydrogen-bond acceptors (Lipinski definition) is 3. The van der Waals surface area contributed by atoms with Gasteiger partial charge in [0.05, 0.1) is 5.52 Å². The first-order chi connectivity index (χ1) is 8.66. The van der Waals surface area contributed by atoms with Crippen LogP contribution in [0.25, 0.3) is 21.7 Å². The van der Waals surface area contributed by atoms with Gasteiger partial charge < -0.3 is 10.2 Å². The Morgan fingerprint density at radius 2 is 1.78 bits per heavy atom. The van der Waals surface area contributed by atoms with Crippen LogP contribution in [-0.4, -0.2) is 21.2 Å². The number of carboxylic acid groups (broad SMARTS) is 1. The number of nitrogens with zero attached hydrogens (tertiary/aromatic N) is 1. The van der Waals surface area contributed by atoms with Crippen LogP contribution >= 0.6 is 0 Å². The molecule has 0 bridgehead atoms. The fourth-order valence-corrected chi connectivity index (χ4v) is 2.06. The minimum atomic E-state index is -1.23. The summed E-state index contributed by atoms with van der Waals surface area (Å²) in [6.45, 7) is 0. The normalized spacial score (nSPS) is 10.9. The van der Waals surface area contributed by atoms with E-state index in [2.05, 4.69) is 4.98 Å². The van der Waals surface area contributed by atoms with E-state index >= 15 is 0 Å². The number of aromatic carboxylic acids is 1. The lowest BCUT2D eigenvalue weighted by molar-refractivity contribution is 0.0687. The summed E-state index contributed by atoms with van der Waals surface area (Å²) in [7, 11) is 0. The highest BCUT2D eigenvalue weighted by Crippen LogP contribution is 2.28. The quantitative estimate of drug-likeness (QED) is 0.640. The second-order valence-corrected chi connectivity index (χ2v) is 4.02. The number of pyridine rings is 1. The Bertz CT molecular complexity index is 780. The lowest BCUT2D eigenvalue weighted by Gasteiger charge is -2.05. The Morgan fingerprint density at radius 3 is 2.56 bits per heavy atom. The van der Waals surface area contributed by atoms with Crippen LogP contribution in [0.2, 0.25) is 0 Å². The molecule has 3 rings (SSSR count). The molecule has 2 aromatic carbocycles. The Morgan fingerprint density at radius 1 is 1.06 bits per heavy atom. The summed E-state index contributed by atoms with van der Waals surface area (Å²) in [5.74, 6) is -1.55. The van der Waals surface area contributed by atoms with Crippen molar-refractivity contribution in [3.05, 3.63) is 48.2 Å². The van der Waals surface area contributed by atoms with Gasteiger partial charge in [0.1, 0.15) is 5.75 Å². The van der Waals surface area contributed by atoms with Crippen LogP contribution in [-0.2, 0) is 0 Å². The zero-order valence-corrected chi connectivity index (χ0v) is 9.29. The van der Waals surface area contributed by atoms with Crippen molar-refractivity contribution in [3.63, 3.8) is 0 Å². The molecule has 1 heterocycles. The van der Waals surface area contributed by atoms with Crippen molar-refractivity contribution in [2.75, 3.05) is 0 Å². The number of aromatic nitrogens is 1. The average Bonchev–Trinajstić information content (AvgIpc) is 2.37. The van der Waals surface area contributed by atoms with E-state index in [1.807, 2.05) is 36.4 Å². The van der Waals surface area contributed by atoms with Gasteiger partial charge in [-0.1, -0.05) is 36.4 Å². The molecule has 0 saturated heterocycles. The van der Waals surface area contributed by atoms with Crippen molar-refractivity contribution in [2.45, 2.75) is 0 Å². The first kappa shape index (κ1) is 10.5. The van der Waals surface area contributed by atoms with Gasteiger partial charge in [-0.15, -0.1) is 0 Å². The summed E-state index contributed by atoms with van der Waals surface area (Å²) < 4.78 is 0. The fraction of sp³-hybridized carbons (Fsp3) is 0. The molecule has 88 valence electrons. The van der Waals surface area contributed by atoms with Gasteiger partial charge in [-0.2, -0.15) is 0 Å². The van der Waals surface area contributed by atoms with Crippen LogP contribution in [0.5, 0.6) is 5.75 Å². The van der Waals surface area contributed by atoms with Crippen molar-refractivity contribution < 1.29 is 15.0 Å². The van der Waals surface area contributed by atoms with Crippen LogP contribution in [0.1, 0.15) is 10.5 Å². The predicted octanol–water partition coefficient (Wildman–Crippen LogP) is 2.79. The summed E-state index contributed by atoms with van der Waals surface area (Å²) in [5.41, 5.74) is 0.266. The van der Waals surface area contributed by atoms with Gasteiger partial charge >= 0.3 is 5.97 Å². The van der Waals surface area contributed by atoms with E-state index in [0.717, 1.165) is 16.2 Å². The zero-order chi connectivity index (χ0) is 12.7. The Hall–Kier alpha value is -2.62. The molecule has 2 N–H and O–H groups in total. The maximum absolute atomic E-state index is 11.0. The van der Waals surface area contributed by atoms with Crippen LogP contribution < -0.4 is 0 Å². The summed E-state index contributed by atoms with van der Waals surface area (Å²) in [6.07, 6.45) is 0. The molecule has 18 heavy (non-hydrogen) atoms. The standard InChI is InChI=1S/C14H9NO3/c16-11-7-9-6-5-8-3-1-2-4-10(8)12(9)15-13(11)14(17)18/h1-7,16H,(H,17,18).